The largest absolute Gasteiger partial charge is 0.454 e. The molecule has 3 heterocycles. The van der Waals surface area contributed by atoms with Gasteiger partial charge in [-0.3, -0.25) is 4.79 Å². The van der Waals surface area contributed by atoms with Crippen molar-refractivity contribution in [2.24, 2.45) is 11.8 Å². The number of ether oxygens (including phenoxy) is 2. The maximum Gasteiger partial charge on any atom is 0.231 e. The molecule has 1 saturated heterocycles. The molecule has 1 N–H and O–H groups in total. The van der Waals surface area contributed by atoms with E-state index in [2.05, 4.69) is 10.1 Å². The summed E-state index contributed by atoms with van der Waals surface area (Å²) in [6.45, 7) is 1.69. The predicted molar refractivity (Wildman–Crippen MR) is 94.1 cm³/mol. The summed E-state index contributed by atoms with van der Waals surface area (Å²) >= 11 is 0. The first-order valence-corrected chi connectivity index (χ1v) is 9.36. The molecular formula is C19H22N4O4. The van der Waals surface area contributed by atoms with Crippen molar-refractivity contribution in [1.82, 2.24) is 19.7 Å². The summed E-state index contributed by atoms with van der Waals surface area (Å²) in [6, 6.07) is 5.60. The van der Waals surface area contributed by atoms with Crippen molar-refractivity contribution < 1.29 is 19.4 Å². The lowest BCUT2D eigenvalue weighted by atomic mass is 9.77. The maximum atomic E-state index is 12.8. The third kappa shape index (κ3) is 3.03. The normalized spacial score (nSPS) is 29.0. The quantitative estimate of drug-likeness (QED) is 0.868. The molecule has 1 aliphatic carbocycles. The van der Waals surface area contributed by atoms with Gasteiger partial charge < -0.3 is 19.5 Å². The molecule has 27 heavy (non-hydrogen) atoms. The summed E-state index contributed by atoms with van der Waals surface area (Å²) in [7, 11) is 0. The molecule has 0 bridgehead atoms. The summed E-state index contributed by atoms with van der Waals surface area (Å²) in [4.78, 5) is 18.7. The number of nitrogens with zero attached hydrogens (tertiary/aromatic N) is 4. The number of amides is 1. The molecular weight excluding hydrogens is 348 g/mol. The number of hydrogen-bond acceptors (Lipinski definition) is 6. The smallest absolute Gasteiger partial charge is 0.231 e. The molecule has 142 valence electrons. The van der Waals surface area contributed by atoms with Gasteiger partial charge in [0.25, 0.3) is 0 Å². The molecule has 1 amide bonds. The fourth-order valence-corrected chi connectivity index (χ4v) is 4.62. The van der Waals surface area contributed by atoms with Crippen LogP contribution in [0, 0.1) is 11.8 Å². The van der Waals surface area contributed by atoms with E-state index in [0.717, 1.165) is 30.8 Å². The van der Waals surface area contributed by atoms with Crippen LogP contribution in [-0.2, 0) is 11.2 Å². The zero-order valence-electron chi connectivity index (χ0n) is 14.9. The average molecular weight is 370 g/mol. The van der Waals surface area contributed by atoms with Gasteiger partial charge in [0.05, 0.1) is 18.6 Å². The number of rotatable bonds is 3. The average Bonchev–Trinajstić information content (AvgIpc) is 3.40. The van der Waals surface area contributed by atoms with Crippen molar-refractivity contribution in [1.29, 1.82) is 0 Å². The first kappa shape index (κ1) is 16.6. The van der Waals surface area contributed by atoms with Gasteiger partial charge in [0, 0.05) is 13.1 Å². The van der Waals surface area contributed by atoms with Gasteiger partial charge in [0.15, 0.2) is 11.5 Å². The molecule has 5 rings (SSSR count). The van der Waals surface area contributed by atoms with Gasteiger partial charge in [-0.1, -0.05) is 6.07 Å². The van der Waals surface area contributed by atoms with Crippen LogP contribution < -0.4 is 9.47 Å². The first-order valence-electron chi connectivity index (χ1n) is 9.36. The number of hydrogen-bond donors (Lipinski definition) is 1. The van der Waals surface area contributed by atoms with Crippen molar-refractivity contribution in [2.75, 3.05) is 19.9 Å². The molecule has 1 aromatic carbocycles. The minimum atomic E-state index is -0.447. The molecule has 1 saturated carbocycles. The van der Waals surface area contributed by atoms with Crippen LogP contribution >= 0.6 is 0 Å². The van der Waals surface area contributed by atoms with E-state index in [0.29, 0.717) is 30.4 Å². The van der Waals surface area contributed by atoms with Crippen LogP contribution in [0.1, 0.15) is 24.4 Å². The third-order valence-electron chi connectivity index (χ3n) is 6.03. The Kier molecular flexibility index (Phi) is 4.00. The highest BCUT2D eigenvalue weighted by molar-refractivity contribution is 5.79. The maximum absolute atomic E-state index is 12.8. The number of carbonyl (C=O) groups is 1. The van der Waals surface area contributed by atoms with E-state index < -0.39 is 6.10 Å². The van der Waals surface area contributed by atoms with E-state index in [4.69, 9.17) is 9.47 Å². The fourth-order valence-electron chi connectivity index (χ4n) is 4.62. The molecule has 0 unspecified atom stereocenters. The second-order valence-corrected chi connectivity index (χ2v) is 7.66. The molecule has 8 heteroatoms. The standard InChI is InChI=1S/C19H22N4O4/c24-16-6-14-8-22(7-13(14)5-15(16)23-10-20-9-21-23)19(25)4-12-1-2-17-18(3-12)27-11-26-17/h1-3,9-10,13-16,24H,4-8,11H2/t13-,14+,15-,16-/m1/s1. The number of aliphatic hydroxyl groups excluding tert-OH is 1. The molecule has 1 aromatic heterocycles. The number of likely N-dealkylation sites (tertiary alicyclic amines) is 1. The molecule has 0 radical (unpaired) electrons. The van der Waals surface area contributed by atoms with Gasteiger partial charge >= 0.3 is 0 Å². The molecule has 8 nitrogen and oxygen atoms in total. The molecule has 2 aromatic rings. The lowest BCUT2D eigenvalue weighted by Crippen LogP contribution is -2.36. The summed E-state index contributed by atoms with van der Waals surface area (Å²) < 4.78 is 12.5. The monoisotopic (exact) mass is 370 g/mol. The fraction of sp³-hybridized carbons (Fsp3) is 0.526. The number of carbonyl (C=O) groups excluding carboxylic acids is 1. The van der Waals surface area contributed by atoms with Crippen molar-refractivity contribution >= 4 is 5.91 Å². The van der Waals surface area contributed by atoms with E-state index in [-0.39, 0.29) is 18.7 Å². The highest BCUT2D eigenvalue weighted by Crippen LogP contribution is 2.41. The second kappa shape index (κ2) is 6.53. The van der Waals surface area contributed by atoms with E-state index in [9.17, 15) is 9.90 Å². The zero-order chi connectivity index (χ0) is 18.4. The Labute approximate surface area is 156 Å². The van der Waals surface area contributed by atoms with Gasteiger partial charge in [0.2, 0.25) is 12.7 Å². The summed E-state index contributed by atoms with van der Waals surface area (Å²) in [5.41, 5.74) is 0.930. The van der Waals surface area contributed by atoms with Crippen LogP contribution in [0.4, 0.5) is 0 Å². The van der Waals surface area contributed by atoms with Gasteiger partial charge in [-0.25, -0.2) is 9.67 Å². The number of fused-ring (bicyclic) bond motifs is 2. The lowest BCUT2D eigenvalue weighted by Gasteiger charge is -2.34. The molecule has 4 atom stereocenters. The van der Waals surface area contributed by atoms with Crippen LogP contribution in [0.15, 0.2) is 30.9 Å². The highest BCUT2D eigenvalue weighted by Gasteiger charge is 2.43. The topological polar surface area (TPSA) is 89.7 Å². The van der Waals surface area contributed by atoms with Gasteiger partial charge in [0.1, 0.15) is 12.7 Å². The Balaban J connectivity index is 1.24. The first-order chi connectivity index (χ1) is 13.2. The molecule has 3 aliphatic rings. The van der Waals surface area contributed by atoms with E-state index in [1.807, 2.05) is 23.1 Å². The van der Waals surface area contributed by atoms with E-state index >= 15 is 0 Å². The van der Waals surface area contributed by atoms with Gasteiger partial charge in [-0.15, -0.1) is 0 Å². The Bertz CT molecular complexity index is 840. The van der Waals surface area contributed by atoms with Crippen LogP contribution in [0.2, 0.25) is 0 Å². The van der Waals surface area contributed by atoms with Crippen LogP contribution in [0.25, 0.3) is 0 Å². The Morgan fingerprint density at radius 3 is 2.81 bits per heavy atom. The zero-order valence-corrected chi connectivity index (χ0v) is 14.9. The van der Waals surface area contributed by atoms with Crippen molar-refractivity contribution in [3.63, 3.8) is 0 Å². The van der Waals surface area contributed by atoms with Crippen molar-refractivity contribution in [2.45, 2.75) is 31.4 Å². The Morgan fingerprint density at radius 1 is 1.19 bits per heavy atom. The SMILES string of the molecule is O=C(Cc1ccc2c(c1)OCO2)N1C[C@H]2C[C@@H](n3cncn3)[C@H](O)C[C@H]2C1. The second-order valence-electron chi connectivity index (χ2n) is 7.66. The number of benzene rings is 1. The van der Waals surface area contributed by atoms with Crippen molar-refractivity contribution in [3.05, 3.63) is 36.4 Å². The lowest BCUT2D eigenvalue weighted by molar-refractivity contribution is -0.129. The minimum absolute atomic E-state index is 0.0577. The molecule has 2 fully saturated rings. The highest BCUT2D eigenvalue weighted by atomic mass is 16.7. The molecule has 0 spiro atoms. The molecule has 2 aliphatic heterocycles. The predicted octanol–water partition coefficient (Wildman–Crippen LogP) is 1.02. The van der Waals surface area contributed by atoms with Crippen LogP contribution in [-0.4, -0.2) is 56.7 Å². The summed E-state index contributed by atoms with van der Waals surface area (Å²) in [5, 5.41) is 14.7. The number of aromatic nitrogens is 3. The Hall–Kier alpha value is -2.61. The summed E-state index contributed by atoms with van der Waals surface area (Å²) in [6.07, 6.45) is 4.58. The number of aliphatic hydroxyl groups is 1. The van der Waals surface area contributed by atoms with E-state index in [1.165, 1.54) is 6.33 Å². The Morgan fingerprint density at radius 2 is 2.00 bits per heavy atom. The van der Waals surface area contributed by atoms with Crippen LogP contribution in [0.5, 0.6) is 11.5 Å². The third-order valence-corrected chi connectivity index (χ3v) is 6.03. The van der Waals surface area contributed by atoms with E-state index in [1.54, 1.807) is 11.0 Å². The minimum Gasteiger partial charge on any atom is -0.454 e. The van der Waals surface area contributed by atoms with Gasteiger partial charge in [-0.2, -0.15) is 5.10 Å². The van der Waals surface area contributed by atoms with Gasteiger partial charge in [-0.05, 0) is 42.4 Å². The summed E-state index contributed by atoms with van der Waals surface area (Å²) in [5.74, 6) is 2.29. The van der Waals surface area contributed by atoms with Crippen LogP contribution in [0.3, 0.4) is 0 Å². The van der Waals surface area contributed by atoms with Crippen molar-refractivity contribution in [3.8, 4) is 11.5 Å².